The van der Waals surface area contributed by atoms with Gasteiger partial charge in [-0.2, -0.15) is 63.1 Å². The normalized spacial score (nSPS) is 13.2. The number of pyridine rings is 5. The molecule has 6 rings (SSSR count). The maximum atomic E-state index is 13.4. The number of alkyl halides is 11. The van der Waals surface area contributed by atoms with Crippen LogP contribution < -0.4 is 10.9 Å². The van der Waals surface area contributed by atoms with Crippen molar-refractivity contribution in [3.63, 3.8) is 0 Å². The van der Waals surface area contributed by atoms with Gasteiger partial charge in [0.25, 0.3) is 5.92 Å². The van der Waals surface area contributed by atoms with Crippen LogP contribution in [0, 0.1) is 34.6 Å². The molecule has 1 aliphatic heterocycles. The Morgan fingerprint density at radius 2 is 0.783 bits per heavy atom. The van der Waals surface area contributed by atoms with E-state index in [-0.39, 0.29) is 42.0 Å². The molecule has 5 N–H and O–H groups in total. The Hall–Kier alpha value is -3.94. The van der Waals surface area contributed by atoms with Crippen LogP contribution in [0.5, 0.6) is 0 Å². The van der Waals surface area contributed by atoms with Gasteiger partial charge in [0.05, 0.1) is 28.3 Å². The Morgan fingerprint density at radius 1 is 0.494 bits per heavy atom. The molecule has 1 saturated heterocycles. The molecule has 0 atom stereocenters. The summed E-state index contributed by atoms with van der Waals surface area (Å²) in [7, 11) is -2.38. The predicted molar refractivity (Wildman–Crippen MR) is 303 cm³/mol. The predicted octanol–water partition coefficient (Wildman–Crippen LogP) is 11.0. The lowest BCUT2D eigenvalue weighted by Gasteiger charge is -2.32. The van der Waals surface area contributed by atoms with Gasteiger partial charge in [-0.3, -0.25) is 19.9 Å². The smallest absolute Gasteiger partial charge is 0.423 e. The zero-order valence-corrected chi connectivity index (χ0v) is 54.0. The van der Waals surface area contributed by atoms with Crippen LogP contribution in [0.4, 0.5) is 43.9 Å². The number of carbonyl (C=O) groups excluding carboxylic acids is 4. The van der Waals surface area contributed by atoms with E-state index in [2.05, 4.69) is 105 Å². The fourth-order valence-corrected chi connectivity index (χ4v) is 6.54. The van der Waals surface area contributed by atoms with Crippen LogP contribution in [0.15, 0.2) is 78.7 Å². The largest absolute Gasteiger partial charge is 0.496 e. The van der Waals surface area contributed by atoms with Gasteiger partial charge < -0.3 is 34.7 Å². The number of hydrogen-bond donors (Lipinski definition) is 5. The van der Waals surface area contributed by atoms with Crippen molar-refractivity contribution < 1.29 is 97.8 Å². The maximum Gasteiger partial charge on any atom is 0.496 e. The topological polar surface area (TPSA) is 252 Å². The van der Waals surface area contributed by atoms with Crippen LogP contribution in [0.2, 0.25) is 0 Å². The van der Waals surface area contributed by atoms with Crippen molar-refractivity contribution in [3.05, 3.63) is 130 Å². The van der Waals surface area contributed by atoms with Crippen LogP contribution in [-0.4, -0.2) is 113 Å². The van der Waals surface area contributed by atoms with Crippen molar-refractivity contribution in [2.75, 3.05) is 19.8 Å². The number of nitrogens with zero attached hydrogens (tertiary/aromatic N) is 5. The fraction of sp³-hybridized carbons (Fsp3) is 0.460. The first-order valence-corrected chi connectivity index (χ1v) is 27.5. The third-order valence-electron chi connectivity index (χ3n) is 11.0. The number of aromatic nitrogens is 5. The molecule has 16 nitrogen and oxygen atoms in total. The van der Waals surface area contributed by atoms with E-state index in [0.717, 1.165) is 31.4 Å². The van der Waals surface area contributed by atoms with E-state index in [1.165, 1.54) is 51.1 Å². The van der Waals surface area contributed by atoms with E-state index in [9.17, 15) is 43.9 Å². The molecule has 0 saturated carbocycles. The Kier molecular flexibility index (Phi) is 35.4. The molecule has 0 radical (unpaired) electrons. The summed E-state index contributed by atoms with van der Waals surface area (Å²) in [6, 6.07) is 14.3. The third-order valence-corrected chi connectivity index (χ3v) is 14.5. The summed E-state index contributed by atoms with van der Waals surface area (Å²) in [6.07, 6.45) is 0.133. The van der Waals surface area contributed by atoms with Gasteiger partial charge >= 0.3 is 49.1 Å². The molecule has 0 amide bonds. The average Bonchev–Trinajstić information content (AvgIpc) is 3.84. The van der Waals surface area contributed by atoms with Gasteiger partial charge in [0.1, 0.15) is 47.2 Å². The van der Waals surface area contributed by atoms with Gasteiger partial charge in [0.15, 0.2) is 0 Å². The number of hydrogen-bond acceptors (Lipinski definition) is 16. The summed E-state index contributed by atoms with van der Waals surface area (Å²) in [5.74, 6) is -12.8. The molecule has 33 heteroatoms. The molecular weight excluding hydrogens is 1460 g/mol. The molecular formula is C50H58B2Br5F10N5O11. The molecule has 0 spiro atoms. The zero-order chi connectivity index (χ0) is 65.3. The SMILES string of the molecule is CCC(F)(F)Br.CCC(F)(F)c1ccc(Br)c(C)n1.Cc1nc(Br)ccc1Br.Cc1nc(C(F)(F)CO)ccc1B(O)O.Cc1nc(C(F)(F)CO)ccc1B1OC(C)(C)C(C)(C)O1.Cc1nc(C(F)(F)CO)ccc1Br.O=C=O.O=C=O. The van der Waals surface area contributed by atoms with Gasteiger partial charge in [-0.25, -0.2) is 4.98 Å². The van der Waals surface area contributed by atoms with E-state index in [1.54, 1.807) is 26.8 Å². The molecule has 6 heterocycles. The molecule has 83 heavy (non-hydrogen) atoms. The number of aliphatic hydroxyl groups excluding tert-OH is 3. The minimum atomic E-state index is -3.41. The molecule has 5 aromatic rings. The summed E-state index contributed by atoms with van der Waals surface area (Å²) in [6.45, 7) is 15.0. The third kappa shape index (κ3) is 28.0. The van der Waals surface area contributed by atoms with Gasteiger partial charge in [-0.15, -0.1) is 0 Å². The van der Waals surface area contributed by atoms with Gasteiger partial charge in [-0.1, -0.05) is 26.0 Å². The highest BCUT2D eigenvalue weighted by molar-refractivity contribution is 9.11. The van der Waals surface area contributed by atoms with Crippen LogP contribution >= 0.6 is 79.6 Å². The number of aliphatic hydroxyl groups is 3. The molecule has 5 aromatic heterocycles. The van der Waals surface area contributed by atoms with Gasteiger partial charge in [-0.05, 0) is 190 Å². The quantitative estimate of drug-likeness (QED) is 0.0357. The lowest BCUT2D eigenvalue weighted by atomic mass is 9.78. The van der Waals surface area contributed by atoms with Crippen LogP contribution in [0.3, 0.4) is 0 Å². The highest BCUT2D eigenvalue weighted by Gasteiger charge is 2.52. The first kappa shape index (κ1) is 81.1. The summed E-state index contributed by atoms with van der Waals surface area (Å²) in [5, 5.41) is 43.2. The molecule has 1 fully saturated rings. The van der Waals surface area contributed by atoms with Crippen molar-refractivity contribution in [2.24, 2.45) is 0 Å². The average molecular weight is 1520 g/mol. The molecule has 0 unspecified atom stereocenters. The Labute approximate surface area is 515 Å². The fourth-order valence-electron chi connectivity index (χ4n) is 5.48. The van der Waals surface area contributed by atoms with E-state index in [4.69, 9.17) is 53.9 Å². The highest BCUT2D eigenvalue weighted by atomic mass is 79.9. The summed E-state index contributed by atoms with van der Waals surface area (Å²) in [4.78, 5) is 48.9. The summed E-state index contributed by atoms with van der Waals surface area (Å²) >= 11 is 15.1. The second-order valence-electron chi connectivity index (χ2n) is 17.7. The van der Waals surface area contributed by atoms with Gasteiger partial charge in [0.2, 0.25) is 0 Å². The Bertz CT molecular complexity index is 2800. The number of halogens is 15. The Balaban J connectivity index is 0. The van der Waals surface area contributed by atoms with Crippen LogP contribution in [-0.2, 0) is 52.2 Å². The highest BCUT2D eigenvalue weighted by Crippen LogP contribution is 2.37. The first-order chi connectivity index (χ1) is 37.9. The number of aryl methyl sites for hydroxylation is 5. The zero-order valence-electron chi connectivity index (χ0n) is 46.1. The molecule has 1 aliphatic rings. The monoisotopic (exact) mass is 1510 g/mol. The molecule has 0 aromatic carbocycles. The molecule has 460 valence electrons. The van der Waals surface area contributed by atoms with Crippen LogP contribution in [0.25, 0.3) is 0 Å². The lowest BCUT2D eigenvalue weighted by Crippen LogP contribution is -2.41. The summed E-state index contributed by atoms with van der Waals surface area (Å²) in [5.41, 5.74) is 0.630. The molecule has 0 bridgehead atoms. The van der Waals surface area contributed by atoms with Crippen molar-refractivity contribution in [1.82, 2.24) is 24.9 Å². The number of rotatable bonds is 11. The van der Waals surface area contributed by atoms with Crippen molar-refractivity contribution >= 4 is 117 Å². The molecule has 0 aliphatic carbocycles. The van der Waals surface area contributed by atoms with Crippen molar-refractivity contribution in [3.8, 4) is 0 Å². The minimum Gasteiger partial charge on any atom is -0.423 e. The standard InChI is InChI=1S/C14H20BF2NO3.C9H10BrF2N.C8H10BF2NO3.C8H8BrF2NO.C6H5Br2N.C3H5BrF2.2CO2/c1-9-10(6-7-11(18-9)14(16,17)8-19)15-20-12(2,3)13(4,5)21-15;1-3-9(11,12)8-5-4-7(10)6(2)13-8;1-5-6(9(14)15)2-3-7(12-5)8(10,11)4-13;1-5-6(9)2-3-7(12-5)8(10,11)4-13;1-4-5(7)2-3-6(8)9-4;1-2-3(4,5)6;2*2-1-3/h6-7,19H,8H2,1-5H3;4-5H,3H2,1-2H3;2-3,13-15H,4H2,1H3;2-3,13H,4H2,1H3;2-3H,1H3;2H2,1H3;;. The van der Waals surface area contributed by atoms with E-state index < -0.39 is 90.9 Å². The van der Waals surface area contributed by atoms with E-state index in [0.29, 0.717) is 27.0 Å². The van der Waals surface area contributed by atoms with Crippen molar-refractivity contribution in [2.45, 2.75) is 129 Å². The van der Waals surface area contributed by atoms with E-state index >= 15 is 0 Å². The lowest BCUT2D eigenvalue weighted by molar-refractivity contribution is -0.193. The second kappa shape index (κ2) is 36.3. The Morgan fingerprint density at radius 3 is 1.05 bits per heavy atom. The minimum absolute atomic E-state index is 0.0625. The maximum absolute atomic E-state index is 13.4. The van der Waals surface area contributed by atoms with Crippen LogP contribution in [0.1, 0.15) is 106 Å². The van der Waals surface area contributed by atoms with E-state index in [1.807, 2.05) is 46.8 Å². The van der Waals surface area contributed by atoms with Gasteiger partial charge in [0, 0.05) is 48.6 Å². The van der Waals surface area contributed by atoms with Crippen molar-refractivity contribution in [1.29, 1.82) is 0 Å². The second-order valence-corrected chi connectivity index (χ2v) is 22.2. The summed E-state index contributed by atoms with van der Waals surface area (Å²) < 4.78 is 143. The first-order valence-electron chi connectivity index (χ1n) is 23.5.